The molecule has 0 radical (unpaired) electrons. The van der Waals surface area contributed by atoms with Gasteiger partial charge in [0, 0.05) is 21.9 Å². The minimum absolute atomic E-state index is 0.0568. The monoisotopic (exact) mass is 525 g/mol. The molecule has 0 fully saturated rings. The maximum absolute atomic E-state index is 12.1. The van der Waals surface area contributed by atoms with Crippen LogP contribution in [0.5, 0.6) is 0 Å². The van der Waals surface area contributed by atoms with Gasteiger partial charge in [0.15, 0.2) is 6.23 Å². The van der Waals surface area contributed by atoms with E-state index in [-0.39, 0.29) is 19.4 Å². The van der Waals surface area contributed by atoms with E-state index in [9.17, 15) is 19.7 Å². The number of aliphatic carboxylic acids is 1. The Morgan fingerprint density at radius 2 is 1.96 bits per heavy atom. The van der Waals surface area contributed by atoms with Gasteiger partial charge in [0.25, 0.3) is 5.09 Å². The average molecular weight is 527 g/mol. The second-order valence-electron chi connectivity index (χ2n) is 6.68. The summed E-state index contributed by atoms with van der Waals surface area (Å²) < 4.78 is 6.50. The molecule has 0 aromatic heterocycles. The smallest absolute Gasteiger partial charge is 0.412 e. The van der Waals surface area contributed by atoms with E-state index in [2.05, 4.69) is 47.3 Å². The lowest BCUT2D eigenvalue weighted by Gasteiger charge is -2.22. The average Bonchev–Trinajstić information content (AvgIpc) is 2.50. The highest BCUT2D eigenvalue weighted by Crippen LogP contribution is 2.31. The van der Waals surface area contributed by atoms with E-state index in [1.165, 1.54) is 0 Å². The summed E-state index contributed by atoms with van der Waals surface area (Å²) in [7, 11) is 0. The molecule has 1 aromatic carbocycles. The Balaban J connectivity index is 2.96. The largest absolute Gasteiger partial charge is 0.481 e. The number of carboxylic acid groups (broad SMARTS) is 1. The van der Waals surface area contributed by atoms with Gasteiger partial charge < -0.3 is 9.84 Å². The van der Waals surface area contributed by atoms with Gasteiger partial charge in [-0.05, 0) is 60.8 Å². The Morgan fingerprint density at radius 1 is 1.32 bits per heavy atom. The molecule has 0 heterocycles. The molecule has 10 nitrogen and oxygen atoms in total. The summed E-state index contributed by atoms with van der Waals surface area (Å²) in [5, 5.41) is 23.8. The standard InChI is InChI=1S/C16H21Br2N3O7/c1-16(2,3)27-15(24)20-14-9(6-10(17)7-11(14)18)8-19-12(28-21(25)26)4-5-13(22)23/h6-7,12,19H,4-5,8H2,1-3H3,(H,20,24)(H,22,23). The topological polar surface area (TPSA) is 140 Å². The molecule has 1 atom stereocenters. The van der Waals surface area contributed by atoms with Crippen molar-refractivity contribution in [2.45, 2.75) is 52.0 Å². The molecule has 28 heavy (non-hydrogen) atoms. The molecule has 12 heteroatoms. The Morgan fingerprint density at radius 3 is 2.50 bits per heavy atom. The molecular weight excluding hydrogens is 506 g/mol. The number of carbonyl (C=O) groups is 2. The summed E-state index contributed by atoms with van der Waals surface area (Å²) >= 11 is 6.70. The van der Waals surface area contributed by atoms with E-state index in [4.69, 9.17) is 9.84 Å². The second-order valence-corrected chi connectivity index (χ2v) is 8.45. The van der Waals surface area contributed by atoms with Crippen LogP contribution in [0.1, 0.15) is 39.2 Å². The van der Waals surface area contributed by atoms with Gasteiger partial charge in [-0.25, -0.2) is 4.79 Å². The number of amides is 1. The zero-order chi connectivity index (χ0) is 21.5. The van der Waals surface area contributed by atoms with Gasteiger partial charge in [-0.2, -0.15) is 0 Å². The quantitative estimate of drug-likeness (QED) is 0.248. The zero-order valence-corrected chi connectivity index (χ0v) is 18.6. The highest BCUT2D eigenvalue weighted by atomic mass is 79.9. The lowest BCUT2D eigenvalue weighted by molar-refractivity contribution is -0.770. The van der Waals surface area contributed by atoms with Gasteiger partial charge in [0.05, 0.1) is 5.69 Å². The summed E-state index contributed by atoms with van der Waals surface area (Å²) in [5.41, 5.74) is 0.286. The van der Waals surface area contributed by atoms with Crippen LogP contribution in [-0.2, 0) is 20.9 Å². The molecule has 1 unspecified atom stereocenters. The van der Waals surface area contributed by atoms with Crippen molar-refractivity contribution < 1.29 is 29.4 Å². The molecule has 1 rings (SSSR count). The Kier molecular flexibility index (Phi) is 9.11. The number of benzene rings is 1. The number of anilines is 1. The van der Waals surface area contributed by atoms with Crippen LogP contribution in [0.2, 0.25) is 0 Å². The normalized spacial score (nSPS) is 12.2. The van der Waals surface area contributed by atoms with Gasteiger partial charge in [0.1, 0.15) is 5.60 Å². The van der Waals surface area contributed by atoms with E-state index in [1.54, 1.807) is 32.9 Å². The maximum atomic E-state index is 12.1. The molecular formula is C16H21Br2N3O7. The van der Waals surface area contributed by atoms with Crippen molar-refractivity contribution in [3.05, 3.63) is 36.8 Å². The number of hydrogen-bond acceptors (Lipinski definition) is 7. The minimum Gasteiger partial charge on any atom is -0.481 e. The van der Waals surface area contributed by atoms with Crippen LogP contribution in [0.4, 0.5) is 10.5 Å². The van der Waals surface area contributed by atoms with Gasteiger partial charge in [-0.3, -0.25) is 20.3 Å². The highest BCUT2D eigenvalue weighted by Gasteiger charge is 2.20. The predicted molar refractivity (Wildman–Crippen MR) is 107 cm³/mol. The third kappa shape index (κ3) is 9.33. The number of nitrogens with zero attached hydrogens (tertiary/aromatic N) is 1. The molecule has 1 aromatic rings. The van der Waals surface area contributed by atoms with Crippen molar-refractivity contribution in [3.8, 4) is 0 Å². The molecule has 156 valence electrons. The van der Waals surface area contributed by atoms with E-state index >= 15 is 0 Å². The zero-order valence-electron chi connectivity index (χ0n) is 15.5. The minimum atomic E-state index is -1.13. The predicted octanol–water partition coefficient (Wildman–Crippen LogP) is 4.05. The summed E-state index contributed by atoms with van der Waals surface area (Å²) in [5.74, 6) is -1.10. The first-order valence-electron chi connectivity index (χ1n) is 8.11. The third-order valence-electron chi connectivity index (χ3n) is 3.12. The molecule has 3 N–H and O–H groups in total. The lowest BCUT2D eigenvalue weighted by Crippen LogP contribution is -2.34. The molecule has 0 aliphatic carbocycles. The van der Waals surface area contributed by atoms with Gasteiger partial charge >= 0.3 is 12.1 Å². The fourth-order valence-corrected chi connectivity index (χ4v) is 3.50. The third-order valence-corrected chi connectivity index (χ3v) is 4.20. The first-order chi connectivity index (χ1) is 12.9. The summed E-state index contributed by atoms with van der Waals surface area (Å²) in [6, 6.07) is 3.41. The number of rotatable bonds is 9. The first-order valence-corrected chi connectivity index (χ1v) is 9.70. The first kappa shape index (κ1) is 24.1. The molecule has 0 aliphatic heterocycles. The highest BCUT2D eigenvalue weighted by molar-refractivity contribution is 9.11. The maximum Gasteiger partial charge on any atom is 0.412 e. The van der Waals surface area contributed by atoms with Crippen LogP contribution in [-0.4, -0.2) is 34.1 Å². The van der Waals surface area contributed by atoms with Crippen molar-refractivity contribution in [1.82, 2.24) is 5.32 Å². The fourth-order valence-electron chi connectivity index (χ4n) is 2.09. The van der Waals surface area contributed by atoms with Crippen LogP contribution >= 0.6 is 31.9 Å². The fraction of sp³-hybridized carbons (Fsp3) is 0.500. The number of hydrogen-bond donors (Lipinski definition) is 3. The van der Waals surface area contributed by atoms with Crippen LogP contribution in [0.3, 0.4) is 0 Å². The SMILES string of the molecule is CC(C)(C)OC(=O)Nc1c(Br)cc(Br)cc1CNC(CCC(=O)O)O[N+](=O)[O-]. The molecule has 0 saturated heterocycles. The van der Waals surface area contributed by atoms with Crippen molar-refractivity contribution in [1.29, 1.82) is 0 Å². The second kappa shape index (κ2) is 10.6. The lowest BCUT2D eigenvalue weighted by atomic mass is 10.1. The van der Waals surface area contributed by atoms with Crippen molar-refractivity contribution in [3.63, 3.8) is 0 Å². The van der Waals surface area contributed by atoms with Crippen molar-refractivity contribution in [2.75, 3.05) is 5.32 Å². The number of carboxylic acids is 1. The summed E-state index contributed by atoms with van der Waals surface area (Å²) in [6.45, 7) is 5.25. The molecule has 0 saturated carbocycles. The van der Waals surface area contributed by atoms with E-state index in [1.807, 2.05) is 0 Å². The van der Waals surface area contributed by atoms with Gasteiger partial charge in [-0.1, -0.05) is 15.9 Å². The molecule has 1 amide bonds. The van der Waals surface area contributed by atoms with Crippen molar-refractivity contribution >= 4 is 49.6 Å². The van der Waals surface area contributed by atoms with Gasteiger partial charge in [0.2, 0.25) is 0 Å². The van der Waals surface area contributed by atoms with Crippen LogP contribution < -0.4 is 10.6 Å². The van der Waals surface area contributed by atoms with Crippen LogP contribution in [0.25, 0.3) is 0 Å². The molecule has 0 aliphatic rings. The molecule has 0 spiro atoms. The van der Waals surface area contributed by atoms with Gasteiger partial charge in [-0.15, -0.1) is 10.1 Å². The number of ether oxygens (including phenoxy) is 1. The summed E-state index contributed by atoms with van der Waals surface area (Å²) in [6.07, 6.45) is -2.21. The van der Waals surface area contributed by atoms with E-state index in [0.717, 1.165) is 0 Å². The van der Waals surface area contributed by atoms with Crippen LogP contribution in [0, 0.1) is 10.1 Å². The molecule has 0 bridgehead atoms. The number of halogens is 2. The number of carbonyl (C=O) groups excluding carboxylic acids is 1. The van der Waals surface area contributed by atoms with E-state index < -0.39 is 29.0 Å². The Labute approximate surface area is 178 Å². The van der Waals surface area contributed by atoms with E-state index in [0.29, 0.717) is 20.2 Å². The summed E-state index contributed by atoms with van der Waals surface area (Å²) in [4.78, 5) is 37.9. The Bertz CT molecular complexity index is 738. The van der Waals surface area contributed by atoms with Crippen molar-refractivity contribution in [2.24, 2.45) is 0 Å². The van der Waals surface area contributed by atoms with Crippen LogP contribution in [0.15, 0.2) is 21.1 Å². The Hall–Kier alpha value is -1.92. The number of nitrogens with one attached hydrogen (secondary N) is 2.